The molecule has 0 bridgehead atoms. The zero-order valence-corrected chi connectivity index (χ0v) is 17.1. The number of anilines is 1. The van der Waals surface area contributed by atoms with E-state index < -0.39 is 29.4 Å². The summed E-state index contributed by atoms with van der Waals surface area (Å²) in [7, 11) is 0. The number of halogens is 6. The summed E-state index contributed by atoms with van der Waals surface area (Å²) in [5, 5.41) is 9.97. The third-order valence-corrected chi connectivity index (χ3v) is 4.49. The van der Waals surface area contributed by atoms with E-state index >= 15 is 0 Å². The molecule has 0 saturated heterocycles. The van der Waals surface area contributed by atoms with E-state index in [-0.39, 0.29) is 28.9 Å². The van der Waals surface area contributed by atoms with Crippen molar-refractivity contribution < 1.29 is 26.7 Å². The Morgan fingerprint density at radius 3 is 2.50 bits per heavy atom. The lowest BCUT2D eigenvalue weighted by atomic mass is 10.1. The third-order valence-electron chi connectivity index (χ3n) is 4.19. The van der Waals surface area contributed by atoms with Crippen LogP contribution in [-0.4, -0.2) is 22.1 Å². The van der Waals surface area contributed by atoms with Crippen LogP contribution in [0.3, 0.4) is 0 Å². The number of amides is 1. The Bertz CT molecular complexity index is 1180. The van der Waals surface area contributed by atoms with Gasteiger partial charge in [-0.3, -0.25) is 15.2 Å². The van der Waals surface area contributed by atoms with Crippen LogP contribution >= 0.6 is 11.6 Å². The van der Waals surface area contributed by atoms with Gasteiger partial charge in [0.15, 0.2) is 5.82 Å². The number of hydrogen-bond acceptors (Lipinski definition) is 3. The predicted molar refractivity (Wildman–Crippen MR) is 108 cm³/mol. The minimum atomic E-state index is -4.65. The number of hydrogen-bond donors (Lipinski definition) is 3. The number of aromatic amines is 1. The molecule has 2 aromatic carbocycles. The van der Waals surface area contributed by atoms with Crippen LogP contribution < -0.4 is 10.6 Å². The van der Waals surface area contributed by atoms with Crippen LogP contribution in [0.15, 0.2) is 47.5 Å². The smallest absolute Gasteiger partial charge is 0.309 e. The molecule has 0 aliphatic heterocycles. The molecular weight excluding hydrogens is 457 g/mol. The number of aromatic nitrogens is 2. The topological polar surface area (TPSA) is 82.2 Å². The van der Waals surface area contributed by atoms with Crippen molar-refractivity contribution in [3.63, 3.8) is 0 Å². The molecule has 0 radical (unpaired) electrons. The molecule has 168 valence electrons. The summed E-state index contributed by atoms with van der Waals surface area (Å²) in [5.41, 5.74) is -0.264. The maximum absolute atomic E-state index is 13.7. The van der Waals surface area contributed by atoms with E-state index in [4.69, 9.17) is 11.6 Å². The van der Waals surface area contributed by atoms with Gasteiger partial charge in [-0.15, -0.1) is 0 Å². The van der Waals surface area contributed by atoms with Crippen LogP contribution in [0, 0.1) is 18.6 Å². The largest absolute Gasteiger partial charge is 0.432 e. The monoisotopic (exact) mass is 471 g/mol. The Hall–Kier alpha value is -3.47. The van der Waals surface area contributed by atoms with E-state index in [0.29, 0.717) is 17.2 Å². The second-order valence-electron chi connectivity index (χ2n) is 6.62. The molecule has 0 atom stereocenters. The number of guanidine groups is 1. The van der Waals surface area contributed by atoms with Gasteiger partial charge in [-0.1, -0.05) is 23.7 Å². The van der Waals surface area contributed by atoms with Crippen LogP contribution in [0.2, 0.25) is 5.02 Å². The van der Waals surface area contributed by atoms with Gasteiger partial charge >= 0.3 is 6.18 Å². The zero-order valence-electron chi connectivity index (χ0n) is 16.3. The van der Waals surface area contributed by atoms with E-state index in [2.05, 4.69) is 20.7 Å². The number of aryl methyl sites for hydroxylation is 1. The van der Waals surface area contributed by atoms with E-state index in [1.165, 1.54) is 30.3 Å². The molecule has 1 amide bonds. The number of carbonyl (C=O) groups excluding carboxylic acids is 1. The molecule has 12 heteroatoms. The summed E-state index contributed by atoms with van der Waals surface area (Å²) in [6, 6.07) is 8.27. The Morgan fingerprint density at radius 2 is 1.88 bits per heavy atom. The number of nitrogens with zero attached hydrogens (tertiary/aromatic N) is 2. The standard InChI is InChI=1S/C20H15ClF5N5O/c1-10-6-11(2-5-14(10)22)9-27-19(28-17-8-16(30-31-17)20(24,25)26)29-18(32)12-3-4-13(21)15(23)7-12/h2-8H,9H2,1H3,(H3,27,28,29,30,31,32). The first-order valence-electron chi connectivity index (χ1n) is 8.98. The molecule has 32 heavy (non-hydrogen) atoms. The highest BCUT2D eigenvalue weighted by atomic mass is 35.5. The maximum Gasteiger partial charge on any atom is 0.432 e. The van der Waals surface area contributed by atoms with Gasteiger partial charge in [-0.2, -0.15) is 18.3 Å². The van der Waals surface area contributed by atoms with Crippen LogP contribution in [0.1, 0.15) is 27.2 Å². The highest BCUT2D eigenvalue weighted by molar-refractivity contribution is 6.30. The fraction of sp³-hybridized carbons (Fsp3) is 0.150. The second-order valence-corrected chi connectivity index (χ2v) is 7.03. The minimum Gasteiger partial charge on any atom is -0.309 e. The predicted octanol–water partition coefficient (Wildman–Crippen LogP) is 5.07. The van der Waals surface area contributed by atoms with Gasteiger partial charge in [0.25, 0.3) is 5.91 Å². The van der Waals surface area contributed by atoms with Gasteiger partial charge in [0, 0.05) is 11.6 Å². The lowest BCUT2D eigenvalue weighted by Gasteiger charge is -2.11. The lowest BCUT2D eigenvalue weighted by molar-refractivity contribution is -0.141. The second kappa shape index (κ2) is 9.35. The Morgan fingerprint density at radius 1 is 1.12 bits per heavy atom. The van der Waals surface area contributed by atoms with Crippen molar-refractivity contribution in [3.8, 4) is 0 Å². The summed E-state index contributed by atoms with van der Waals surface area (Å²) in [4.78, 5) is 16.6. The molecule has 1 heterocycles. The molecule has 0 aliphatic carbocycles. The fourth-order valence-corrected chi connectivity index (χ4v) is 2.67. The van der Waals surface area contributed by atoms with Crippen molar-refractivity contribution in [1.82, 2.24) is 15.5 Å². The third kappa shape index (κ3) is 5.82. The van der Waals surface area contributed by atoms with E-state index in [1.54, 1.807) is 6.92 Å². The SMILES string of the molecule is Cc1cc(CN=C(NC(=O)c2ccc(Cl)c(F)c2)Nc2cc(C(F)(F)F)[nH]n2)ccc1F. The normalized spacial score (nSPS) is 12.0. The Balaban J connectivity index is 1.85. The van der Waals surface area contributed by atoms with Crippen LogP contribution in [0.25, 0.3) is 0 Å². The molecule has 6 nitrogen and oxygen atoms in total. The number of benzene rings is 2. The maximum atomic E-state index is 13.7. The van der Waals surface area contributed by atoms with E-state index in [0.717, 1.165) is 6.07 Å². The lowest BCUT2D eigenvalue weighted by Crippen LogP contribution is -2.36. The molecule has 3 aromatic rings. The zero-order chi connectivity index (χ0) is 23.5. The van der Waals surface area contributed by atoms with Gasteiger partial charge in [-0.05, 0) is 42.3 Å². The summed E-state index contributed by atoms with van der Waals surface area (Å²) >= 11 is 5.61. The molecule has 0 unspecified atom stereocenters. The van der Waals surface area contributed by atoms with Crippen molar-refractivity contribution in [2.24, 2.45) is 4.99 Å². The van der Waals surface area contributed by atoms with Crippen LogP contribution in [0.5, 0.6) is 0 Å². The number of H-pyrrole nitrogens is 1. The number of nitrogens with one attached hydrogen (secondary N) is 3. The van der Waals surface area contributed by atoms with Crippen molar-refractivity contribution in [2.75, 3.05) is 5.32 Å². The molecule has 0 aliphatic rings. The fourth-order valence-electron chi connectivity index (χ4n) is 2.56. The Labute approximate surface area is 183 Å². The van der Waals surface area contributed by atoms with Gasteiger partial charge in [0.05, 0.1) is 11.6 Å². The van der Waals surface area contributed by atoms with E-state index in [1.807, 2.05) is 5.10 Å². The van der Waals surface area contributed by atoms with Crippen molar-refractivity contribution >= 4 is 29.3 Å². The van der Waals surface area contributed by atoms with Gasteiger partial charge in [0.2, 0.25) is 5.96 Å². The average molecular weight is 472 g/mol. The van der Waals surface area contributed by atoms with Gasteiger partial charge < -0.3 is 5.32 Å². The molecule has 0 saturated carbocycles. The average Bonchev–Trinajstić information content (AvgIpc) is 3.19. The quantitative estimate of drug-likeness (QED) is 0.282. The molecule has 1 aromatic heterocycles. The number of alkyl halides is 3. The van der Waals surface area contributed by atoms with Crippen molar-refractivity contribution in [1.29, 1.82) is 0 Å². The minimum absolute atomic E-state index is 0.0464. The molecule has 0 spiro atoms. The van der Waals surface area contributed by atoms with Crippen LogP contribution in [0.4, 0.5) is 27.8 Å². The first-order valence-corrected chi connectivity index (χ1v) is 9.36. The summed E-state index contributed by atoms with van der Waals surface area (Å²) in [5.74, 6) is -2.56. The molecular formula is C20H15ClF5N5O. The highest BCUT2D eigenvalue weighted by Crippen LogP contribution is 2.28. The first kappa shape index (κ1) is 23.2. The van der Waals surface area contributed by atoms with Crippen molar-refractivity contribution in [3.05, 3.63) is 81.5 Å². The molecule has 0 fully saturated rings. The molecule has 3 N–H and O–H groups in total. The highest BCUT2D eigenvalue weighted by Gasteiger charge is 2.33. The number of carbonyl (C=O) groups is 1. The summed E-state index contributed by atoms with van der Waals surface area (Å²) in [6.07, 6.45) is -4.65. The van der Waals surface area contributed by atoms with Gasteiger partial charge in [-0.25, -0.2) is 13.8 Å². The molecule has 3 rings (SSSR count). The Kier molecular flexibility index (Phi) is 6.78. The van der Waals surface area contributed by atoms with E-state index in [9.17, 15) is 26.7 Å². The number of rotatable bonds is 4. The number of aliphatic imine (C=N–C) groups is 1. The van der Waals surface area contributed by atoms with Gasteiger partial charge in [0.1, 0.15) is 17.3 Å². The summed E-state index contributed by atoms with van der Waals surface area (Å²) < 4.78 is 65.5. The van der Waals surface area contributed by atoms with Crippen molar-refractivity contribution in [2.45, 2.75) is 19.6 Å². The first-order chi connectivity index (χ1) is 15.0. The summed E-state index contributed by atoms with van der Waals surface area (Å²) in [6.45, 7) is 1.51. The van der Waals surface area contributed by atoms with Crippen LogP contribution in [-0.2, 0) is 12.7 Å².